The molecule has 0 aliphatic rings. The molecule has 0 fully saturated rings. The van der Waals surface area contributed by atoms with Crippen molar-refractivity contribution in [2.75, 3.05) is 19.8 Å². The summed E-state index contributed by atoms with van der Waals surface area (Å²) in [5, 5.41) is -0.221. The molecule has 0 saturated carbocycles. The molecule has 7 rings (SSSR count). The molecule has 0 bridgehead atoms. The molecular weight excluding hydrogens is 833 g/mol. The van der Waals surface area contributed by atoms with Gasteiger partial charge in [0.25, 0.3) is 0 Å². The van der Waals surface area contributed by atoms with E-state index >= 15 is 0 Å². The van der Waals surface area contributed by atoms with Gasteiger partial charge in [0.2, 0.25) is 15.9 Å². The van der Waals surface area contributed by atoms with Crippen molar-refractivity contribution in [1.82, 2.24) is 44.9 Å². The standard InChI is InChI=1S/C42H30Cl3N9O6/c1-4-19-55-37-46-34(43)49-40(52-37)58-31-13-7-25(8-14-31)28-22-29(26-9-15-32(16-10-26)59-41-50-35(44)47-38(53-41)56-20-5-2)24-30(23-28)27-11-17-33(18-12-27)60-42-51-36(45)48-39(54-42)57-21-6-3/h4-18,22-24H,1-3,19-21H2. The van der Waals surface area contributed by atoms with E-state index in [-0.39, 0.29) is 71.7 Å². The molecule has 0 N–H and O–H groups in total. The summed E-state index contributed by atoms with van der Waals surface area (Å²) in [4.78, 5) is 36.5. The highest BCUT2D eigenvalue weighted by molar-refractivity contribution is 6.28. The van der Waals surface area contributed by atoms with Gasteiger partial charge in [-0.15, -0.1) is 15.0 Å². The van der Waals surface area contributed by atoms with Crippen LogP contribution < -0.4 is 28.4 Å². The van der Waals surface area contributed by atoms with E-state index in [2.05, 4.69) is 82.8 Å². The lowest BCUT2D eigenvalue weighted by molar-refractivity contribution is 0.321. The Labute approximate surface area is 358 Å². The SMILES string of the molecule is C=CCOc1nc(Cl)nc(Oc2ccc(-c3cc(-c4ccc(Oc5nc(Cl)nc(OCC=C)n5)cc4)cc(-c4ccc(Oc5nc(Cl)nc(OCC=C)n5)cc4)c3)cc2)n1. The summed E-state index contributed by atoms with van der Waals surface area (Å²) in [5.74, 6) is 1.41. The molecule has 18 heteroatoms. The summed E-state index contributed by atoms with van der Waals surface area (Å²) in [6, 6.07) is 28.5. The van der Waals surface area contributed by atoms with Crippen LogP contribution in [0.1, 0.15) is 0 Å². The zero-order valence-electron chi connectivity index (χ0n) is 31.2. The minimum absolute atomic E-state index is 0.0150. The summed E-state index contributed by atoms with van der Waals surface area (Å²) in [5.41, 5.74) is 5.44. The predicted octanol–water partition coefficient (Wildman–Crippen LogP) is 10.3. The molecule has 0 radical (unpaired) electrons. The number of rotatable bonds is 18. The third-order valence-electron chi connectivity index (χ3n) is 7.82. The molecule has 60 heavy (non-hydrogen) atoms. The number of halogens is 3. The van der Waals surface area contributed by atoms with E-state index in [0.717, 1.165) is 33.4 Å². The molecule has 15 nitrogen and oxygen atoms in total. The first-order chi connectivity index (χ1) is 29.2. The van der Waals surface area contributed by atoms with Crippen LogP contribution in [0.4, 0.5) is 0 Å². The van der Waals surface area contributed by atoms with Gasteiger partial charge in [0, 0.05) is 0 Å². The molecule has 0 spiro atoms. The third-order valence-corrected chi connectivity index (χ3v) is 8.32. The fourth-order valence-corrected chi connectivity index (χ4v) is 5.70. The van der Waals surface area contributed by atoms with Crippen molar-refractivity contribution in [3.63, 3.8) is 0 Å². The van der Waals surface area contributed by atoms with E-state index < -0.39 is 0 Å². The van der Waals surface area contributed by atoms with Crippen LogP contribution in [0.3, 0.4) is 0 Å². The average molecular weight is 863 g/mol. The van der Waals surface area contributed by atoms with Gasteiger partial charge in [-0.3, -0.25) is 0 Å². The largest absolute Gasteiger partial charge is 0.459 e. The van der Waals surface area contributed by atoms with Crippen molar-refractivity contribution < 1.29 is 28.4 Å². The van der Waals surface area contributed by atoms with Gasteiger partial charge in [0.05, 0.1) is 0 Å². The highest BCUT2D eigenvalue weighted by Gasteiger charge is 2.14. The van der Waals surface area contributed by atoms with E-state index in [0.29, 0.717) is 17.2 Å². The van der Waals surface area contributed by atoms with E-state index in [1.165, 1.54) is 0 Å². The van der Waals surface area contributed by atoms with Gasteiger partial charge < -0.3 is 28.4 Å². The van der Waals surface area contributed by atoms with E-state index in [4.69, 9.17) is 63.2 Å². The third kappa shape index (κ3) is 11.0. The van der Waals surface area contributed by atoms with Crippen molar-refractivity contribution in [1.29, 1.82) is 0 Å². The van der Waals surface area contributed by atoms with Crippen LogP contribution in [-0.2, 0) is 0 Å². The van der Waals surface area contributed by atoms with Gasteiger partial charge in [0.15, 0.2) is 0 Å². The van der Waals surface area contributed by atoms with Gasteiger partial charge in [-0.1, -0.05) is 74.4 Å². The van der Waals surface area contributed by atoms with Crippen LogP contribution in [0.15, 0.2) is 129 Å². The number of benzene rings is 4. The maximum Gasteiger partial charge on any atom is 0.329 e. The van der Waals surface area contributed by atoms with Gasteiger partial charge in [-0.25, -0.2) is 0 Å². The number of hydrogen-bond acceptors (Lipinski definition) is 15. The maximum atomic E-state index is 6.07. The van der Waals surface area contributed by atoms with Crippen LogP contribution in [0.25, 0.3) is 33.4 Å². The summed E-state index contributed by atoms with van der Waals surface area (Å²) in [7, 11) is 0. The summed E-state index contributed by atoms with van der Waals surface area (Å²) < 4.78 is 33.8. The Hall–Kier alpha value is -7.20. The number of nitrogens with zero attached hydrogens (tertiary/aromatic N) is 9. The monoisotopic (exact) mass is 861 g/mol. The van der Waals surface area contributed by atoms with Gasteiger partial charge in [0.1, 0.15) is 37.1 Å². The summed E-state index contributed by atoms with van der Waals surface area (Å²) >= 11 is 18.2. The molecular formula is C42H30Cl3N9O6. The second-order valence-electron chi connectivity index (χ2n) is 12.0. The fraction of sp³-hybridized carbons (Fsp3) is 0.0714. The molecule has 0 amide bonds. The Morgan fingerprint density at radius 3 is 0.850 bits per heavy atom. The van der Waals surface area contributed by atoms with Crippen molar-refractivity contribution in [2.45, 2.75) is 0 Å². The van der Waals surface area contributed by atoms with Crippen LogP contribution in [0.2, 0.25) is 15.9 Å². The van der Waals surface area contributed by atoms with Crippen molar-refractivity contribution >= 4 is 34.8 Å². The second kappa shape index (κ2) is 19.5. The highest BCUT2D eigenvalue weighted by atomic mass is 35.5. The predicted molar refractivity (Wildman–Crippen MR) is 225 cm³/mol. The first kappa shape index (κ1) is 41.0. The zero-order chi connectivity index (χ0) is 41.8. The second-order valence-corrected chi connectivity index (χ2v) is 13.0. The first-order valence-electron chi connectivity index (χ1n) is 17.7. The average Bonchev–Trinajstić information content (AvgIpc) is 3.24. The topological polar surface area (TPSA) is 171 Å². The van der Waals surface area contributed by atoms with Crippen molar-refractivity contribution in [3.8, 4) is 86.7 Å². The zero-order valence-corrected chi connectivity index (χ0v) is 33.5. The van der Waals surface area contributed by atoms with Gasteiger partial charge in [-0.05, 0) is 123 Å². The van der Waals surface area contributed by atoms with E-state index in [1.807, 2.05) is 36.4 Å². The molecule has 0 aliphatic heterocycles. The maximum absolute atomic E-state index is 6.07. The lowest BCUT2D eigenvalue weighted by Crippen LogP contribution is -2.02. The minimum Gasteiger partial charge on any atom is -0.459 e. The summed E-state index contributed by atoms with van der Waals surface area (Å²) in [6.45, 7) is 11.4. The molecule has 0 aliphatic carbocycles. The van der Waals surface area contributed by atoms with Crippen molar-refractivity contribution in [2.24, 2.45) is 0 Å². The van der Waals surface area contributed by atoms with E-state index in [1.54, 1.807) is 54.6 Å². The quantitative estimate of drug-likeness (QED) is 0.0746. The number of hydrogen-bond donors (Lipinski definition) is 0. The molecule has 0 unspecified atom stereocenters. The number of aromatic nitrogens is 9. The summed E-state index contributed by atoms with van der Waals surface area (Å²) in [6.07, 6.45) is 4.68. The molecule has 0 saturated heterocycles. The molecule has 300 valence electrons. The molecule has 3 aromatic heterocycles. The Bertz CT molecular complexity index is 2340. The Morgan fingerprint density at radius 2 is 0.600 bits per heavy atom. The van der Waals surface area contributed by atoms with Gasteiger partial charge >= 0.3 is 36.1 Å². The number of ether oxygens (including phenoxy) is 6. The van der Waals surface area contributed by atoms with Crippen LogP contribution in [-0.4, -0.2) is 64.7 Å². The lowest BCUT2D eigenvalue weighted by atomic mass is 9.93. The normalized spacial score (nSPS) is 10.7. The molecule has 7 aromatic rings. The molecule has 0 atom stereocenters. The Morgan fingerprint density at radius 1 is 0.350 bits per heavy atom. The Balaban J connectivity index is 1.17. The van der Waals surface area contributed by atoms with Crippen LogP contribution in [0.5, 0.6) is 53.3 Å². The van der Waals surface area contributed by atoms with Crippen LogP contribution in [0, 0.1) is 0 Å². The van der Waals surface area contributed by atoms with E-state index in [9.17, 15) is 0 Å². The highest BCUT2D eigenvalue weighted by Crippen LogP contribution is 2.36. The molecule has 4 aromatic carbocycles. The molecule has 3 heterocycles. The van der Waals surface area contributed by atoms with Gasteiger partial charge in [-0.2, -0.15) is 29.9 Å². The smallest absolute Gasteiger partial charge is 0.329 e. The Kier molecular flexibility index (Phi) is 13.3. The minimum atomic E-state index is -0.0737. The lowest BCUT2D eigenvalue weighted by Gasteiger charge is -2.13. The van der Waals surface area contributed by atoms with Crippen LogP contribution >= 0.6 is 34.8 Å². The van der Waals surface area contributed by atoms with Crippen molar-refractivity contribution in [3.05, 3.63) is 145 Å². The fourth-order valence-electron chi connectivity index (χ4n) is 5.27. The first-order valence-corrected chi connectivity index (χ1v) is 18.8.